The van der Waals surface area contributed by atoms with Crippen molar-refractivity contribution < 1.29 is 0 Å². The van der Waals surface area contributed by atoms with Crippen LogP contribution in [0.5, 0.6) is 0 Å². The molecule has 2 atom stereocenters. The summed E-state index contributed by atoms with van der Waals surface area (Å²) in [5.74, 6) is 2.58. The van der Waals surface area contributed by atoms with Crippen LogP contribution in [0.2, 0.25) is 0 Å². The van der Waals surface area contributed by atoms with E-state index in [0.717, 1.165) is 24.8 Å². The molecule has 0 bridgehead atoms. The van der Waals surface area contributed by atoms with Gasteiger partial charge < -0.3 is 5.32 Å². The lowest BCUT2D eigenvalue weighted by molar-refractivity contribution is 0.642. The summed E-state index contributed by atoms with van der Waals surface area (Å²) in [6.07, 6.45) is 1.12. The summed E-state index contributed by atoms with van der Waals surface area (Å²) in [6, 6.07) is 0. The summed E-state index contributed by atoms with van der Waals surface area (Å²) in [6.45, 7) is 4.48. The van der Waals surface area contributed by atoms with Crippen LogP contribution in [0.1, 0.15) is 27.8 Å². The fraction of sp³-hybridized carbons (Fsp3) is 0.727. The van der Waals surface area contributed by atoms with Gasteiger partial charge >= 0.3 is 0 Å². The number of thioether (sulfide) groups is 2. The smallest absolute Gasteiger partial charge is 0.107 e. The third-order valence-electron chi connectivity index (χ3n) is 3.05. The molecule has 2 aliphatic heterocycles. The highest BCUT2D eigenvalue weighted by Crippen LogP contribution is 2.44. The van der Waals surface area contributed by atoms with E-state index >= 15 is 0 Å². The molecule has 1 aromatic heterocycles. The molecule has 1 fully saturated rings. The number of nitrogens with zero attached hydrogens (tertiary/aromatic N) is 1. The molecule has 0 aromatic carbocycles. The number of hydrogen-bond donors (Lipinski definition) is 1. The van der Waals surface area contributed by atoms with Crippen LogP contribution in [0.3, 0.4) is 0 Å². The molecule has 88 valence electrons. The first-order valence-electron chi connectivity index (χ1n) is 5.77. The predicted octanol–water partition coefficient (Wildman–Crippen LogP) is 2.70. The lowest BCUT2D eigenvalue weighted by Gasteiger charge is -2.25. The van der Waals surface area contributed by atoms with Crippen LogP contribution in [0.4, 0.5) is 0 Å². The van der Waals surface area contributed by atoms with Crippen LogP contribution in [0, 0.1) is 0 Å². The minimum Gasteiger partial charge on any atom is -0.311 e. The first-order chi connectivity index (χ1) is 7.84. The van der Waals surface area contributed by atoms with Crippen molar-refractivity contribution in [3.8, 4) is 0 Å². The van der Waals surface area contributed by atoms with Gasteiger partial charge in [0.15, 0.2) is 0 Å². The van der Waals surface area contributed by atoms with Crippen molar-refractivity contribution in [1.29, 1.82) is 0 Å². The van der Waals surface area contributed by atoms with Gasteiger partial charge in [-0.05, 0) is 0 Å². The topological polar surface area (TPSA) is 24.9 Å². The minimum absolute atomic E-state index is 0.634. The quantitative estimate of drug-likeness (QED) is 0.850. The van der Waals surface area contributed by atoms with Crippen LogP contribution in [-0.2, 0) is 13.0 Å². The molecule has 2 aliphatic rings. The number of rotatable bonds is 1. The van der Waals surface area contributed by atoms with E-state index in [2.05, 4.69) is 35.8 Å². The molecule has 5 heteroatoms. The summed E-state index contributed by atoms with van der Waals surface area (Å²) in [4.78, 5) is 6.35. The summed E-state index contributed by atoms with van der Waals surface area (Å²) >= 11 is 6.13. The predicted molar refractivity (Wildman–Crippen MR) is 74.6 cm³/mol. The van der Waals surface area contributed by atoms with Gasteiger partial charge in [-0.25, -0.2) is 4.98 Å². The Morgan fingerprint density at radius 2 is 2.19 bits per heavy atom. The number of fused-ring (bicyclic) bond motifs is 1. The number of aromatic nitrogens is 1. The van der Waals surface area contributed by atoms with Crippen molar-refractivity contribution in [1.82, 2.24) is 10.3 Å². The molecule has 16 heavy (non-hydrogen) atoms. The highest BCUT2D eigenvalue weighted by atomic mass is 32.2. The van der Waals surface area contributed by atoms with Gasteiger partial charge in [-0.2, -0.15) is 11.8 Å². The van der Waals surface area contributed by atoms with Crippen molar-refractivity contribution in [2.24, 2.45) is 0 Å². The second-order valence-corrected chi connectivity index (χ2v) is 8.07. The lowest BCUT2D eigenvalue weighted by atomic mass is 10.2. The maximum absolute atomic E-state index is 4.87. The van der Waals surface area contributed by atoms with Crippen molar-refractivity contribution in [3.63, 3.8) is 0 Å². The van der Waals surface area contributed by atoms with Crippen molar-refractivity contribution in [3.05, 3.63) is 15.6 Å². The lowest BCUT2D eigenvalue weighted by Crippen LogP contribution is -2.22. The van der Waals surface area contributed by atoms with Gasteiger partial charge in [-0.15, -0.1) is 23.1 Å². The van der Waals surface area contributed by atoms with Gasteiger partial charge in [0.25, 0.3) is 0 Å². The number of thiazole rings is 1. The molecule has 0 spiro atoms. The molecular formula is C11H16N2S3. The normalized spacial score (nSPS) is 30.1. The fourth-order valence-electron chi connectivity index (χ4n) is 2.17. The van der Waals surface area contributed by atoms with Crippen molar-refractivity contribution >= 4 is 34.9 Å². The Kier molecular flexibility index (Phi) is 3.47. The summed E-state index contributed by atoms with van der Waals surface area (Å²) in [7, 11) is 0. The third kappa shape index (κ3) is 2.15. The van der Waals surface area contributed by atoms with E-state index in [1.807, 2.05) is 11.3 Å². The van der Waals surface area contributed by atoms with E-state index in [1.165, 1.54) is 27.1 Å². The monoisotopic (exact) mass is 272 g/mol. The first-order valence-corrected chi connectivity index (χ1v) is 8.68. The Labute approximate surface area is 109 Å². The molecular weight excluding hydrogens is 256 g/mol. The highest BCUT2D eigenvalue weighted by molar-refractivity contribution is 8.06. The molecule has 0 amide bonds. The SMILES string of the molecule is CC1SCCSC1c1nc2c(s1)CNCC2. The van der Waals surface area contributed by atoms with Crippen LogP contribution >= 0.6 is 34.9 Å². The molecule has 0 aliphatic carbocycles. The molecule has 1 N–H and O–H groups in total. The fourth-order valence-corrected chi connectivity index (χ4v) is 6.41. The van der Waals surface area contributed by atoms with Crippen LogP contribution < -0.4 is 5.32 Å². The zero-order chi connectivity index (χ0) is 11.0. The first kappa shape index (κ1) is 11.4. The average Bonchev–Trinajstić information content (AvgIpc) is 2.73. The molecule has 0 radical (unpaired) electrons. The molecule has 1 saturated heterocycles. The Hall–Kier alpha value is 0.290. The Balaban J connectivity index is 1.85. The van der Waals surface area contributed by atoms with Crippen LogP contribution in [-0.4, -0.2) is 28.3 Å². The standard InChI is InChI=1S/C11H16N2S3/c1-7-10(15-5-4-14-7)11-13-8-2-3-12-6-9(8)16-11/h7,10,12H,2-6H2,1H3. The van der Waals surface area contributed by atoms with Gasteiger partial charge in [-0.1, -0.05) is 6.92 Å². The molecule has 3 rings (SSSR count). The highest BCUT2D eigenvalue weighted by Gasteiger charge is 2.28. The van der Waals surface area contributed by atoms with Gasteiger partial charge in [0, 0.05) is 41.1 Å². The third-order valence-corrected chi connectivity index (χ3v) is 7.48. The summed E-state index contributed by atoms with van der Waals surface area (Å²) in [5, 5.41) is 6.16. The van der Waals surface area contributed by atoms with Crippen LogP contribution in [0.25, 0.3) is 0 Å². The summed E-state index contributed by atoms with van der Waals surface area (Å²) in [5.41, 5.74) is 1.36. The van der Waals surface area contributed by atoms with E-state index in [-0.39, 0.29) is 0 Å². The van der Waals surface area contributed by atoms with Gasteiger partial charge in [0.1, 0.15) is 5.01 Å². The van der Waals surface area contributed by atoms with Crippen LogP contribution in [0.15, 0.2) is 0 Å². The van der Waals surface area contributed by atoms with E-state index < -0.39 is 0 Å². The second-order valence-electron chi connectivity index (χ2n) is 4.22. The van der Waals surface area contributed by atoms with E-state index in [1.54, 1.807) is 0 Å². The Morgan fingerprint density at radius 1 is 1.31 bits per heavy atom. The molecule has 2 nitrogen and oxygen atoms in total. The van der Waals surface area contributed by atoms with Gasteiger partial charge in [0.2, 0.25) is 0 Å². The average molecular weight is 272 g/mol. The maximum Gasteiger partial charge on any atom is 0.107 e. The number of nitrogens with one attached hydrogen (secondary N) is 1. The molecule has 1 aromatic rings. The van der Waals surface area contributed by atoms with Crippen molar-refractivity contribution in [2.45, 2.75) is 30.4 Å². The zero-order valence-corrected chi connectivity index (χ0v) is 11.8. The maximum atomic E-state index is 4.87. The molecule has 0 saturated carbocycles. The minimum atomic E-state index is 0.634. The molecule has 3 heterocycles. The Bertz CT molecular complexity index is 354. The van der Waals surface area contributed by atoms with E-state index in [0.29, 0.717) is 5.25 Å². The zero-order valence-electron chi connectivity index (χ0n) is 9.36. The second kappa shape index (κ2) is 4.88. The summed E-state index contributed by atoms with van der Waals surface area (Å²) < 4.78 is 0. The molecule has 2 unspecified atom stereocenters. The van der Waals surface area contributed by atoms with Gasteiger partial charge in [0.05, 0.1) is 10.9 Å². The van der Waals surface area contributed by atoms with E-state index in [4.69, 9.17) is 4.98 Å². The Morgan fingerprint density at radius 3 is 3.00 bits per heavy atom. The van der Waals surface area contributed by atoms with Gasteiger partial charge in [-0.3, -0.25) is 0 Å². The van der Waals surface area contributed by atoms with Crippen molar-refractivity contribution in [2.75, 3.05) is 18.1 Å². The number of hydrogen-bond acceptors (Lipinski definition) is 5. The van der Waals surface area contributed by atoms with E-state index in [9.17, 15) is 0 Å². The largest absolute Gasteiger partial charge is 0.311 e.